The highest BCUT2D eigenvalue weighted by molar-refractivity contribution is 5.82. The Morgan fingerprint density at radius 1 is 0.600 bits per heavy atom. The standard InChI is InChI=1S/C50H58N16O4/c1-4-37(5-2)61-23-35(19-55-61)47-45-7-10-51-65(45)29-43(57-47)33-17-54-64(22-33)40-27-60(28-40)50(69)32-15-42(16-32)70-12-9-38(6-3)62-24-36(20-56-62)48-46-8-11-52-66(46)30-44(58-48)34-18-53-63(21-34)39-25-59(26-39)49(68)31-13-41(67)14-31/h7-8,10-11,17-24,29-32,37-42,67H,4-6,9,12-16,25-28H2,1-3H3/t31?,32-,38?,41?,42+. The van der Waals surface area contributed by atoms with Gasteiger partial charge in [-0.1, -0.05) is 20.8 Å². The molecule has 8 aromatic rings. The highest BCUT2D eigenvalue weighted by Crippen LogP contribution is 2.37. The molecule has 0 aromatic carbocycles. The second-order valence-electron chi connectivity index (χ2n) is 19.7. The third kappa shape index (κ3) is 8.05. The second-order valence-corrected chi connectivity index (χ2v) is 19.7. The Balaban J connectivity index is 0.618. The van der Waals surface area contributed by atoms with Crippen LogP contribution in [-0.2, 0) is 14.3 Å². The number of carbonyl (C=O) groups excluding carboxylic acids is 2. The van der Waals surface area contributed by atoms with E-state index < -0.39 is 0 Å². The first-order valence-electron chi connectivity index (χ1n) is 24.9. The molecule has 2 aliphatic heterocycles. The number of aliphatic hydroxyl groups excluding tert-OH is 1. The van der Waals surface area contributed by atoms with Gasteiger partial charge in [0.05, 0.1) is 120 Å². The van der Waals surface area contributed by atoms with Crippen LogP contribution in [0.25, 0.3) is 56.1 Å². The van der Waals surface area contributed by atoms with Crippen molar-refractivity contribution in [2.45, 2.75) is 109 Å². The molecule has 4 aliphatic rings. The number of carbonyl (C=O) groups is 2. The monoisotopic (exact) mass is 946 g/mol. The summed E-state index contributed by atoms with van der Waals surface area (Å²) in [6.45, 7) is 9.60. The lowest BCUT2D eigenvalue weighted by atomic mass is 9.80. The van der Waals surface area contributed by atoms with Crippen molar-refractivity contribution in [1.29, 1.82) is 0 Å². The van der Waals surface area contributed by atoms with Gasteiger partial charge in [0, 0.05) is 91.7 Å². The SMILES string of the molecule is CCC(CC)n1cc(-c2nc(-c3cnn(C4CN(C(=O)[C@H]5C[C@@H](OCCC(CC)n6cc(-c7nc(-c8cnn(C9CN(C(=O)C%10CC(O)C%10)C9)c8)cn8nccc78)cn6)C5)C4)c3)cn3nccc23)cn1. The summed E-state index contributed by atoms with van der Waals surface area (Å²) in [7, 11) is 0. The van der Waals surface area contributed by atoms with Gasteiger partial charge < -0.3 is 19.6 Å². The van der Waals surface area contributed by atoms with Crippen LogP contribution in [0.5, 0.6) is 0 Å². The summed E-state index contributed by atoms with van der Waals surface area (Å²) in [6, 6.07) is 4.62. The van der Waals surface area contributed by atoms with Crippen molar-refractivity contribution in [2.24, 2.45) is 11.8 Å². The molecular weight excluding hydrogens is 889 g/mol. The van der Waals surface area contributed by atoms with Gasteiger partial charge in [0.25, 0.3) is 0 Å². The van der Waals surface area contributed by atoms with Crippen molar-refractivity contribution in [3.05, 3.63) is 86.5 Å². The predicted octanol–water partition coefficient (Wildman–Crippen LogP) is 5.96. The third-order valence-electron chi connectivity index (χ3n) is 15.3. The smallest absolute Gasteiger partial charge is 0.226 e. The number of nitrogens with zero attached hydrogens (tertiary/aromatic N) is 16. The van der Waals surface area contributed by atoms with E-state index in [0.717, 1.165) is 94.6 Å². The molecule has 1 unspecified atom stereocenters. The quantitative estimate of drug-likeness (QED) is 0.112. The molecular formula is C50H58N16O4. The molecule has 10 heterocycles. The zero-order chi connectivity index (χ0) is 47.6. The van der Waals surface area contributed by atoms with E-state index in [9.17, 15) is 14.7 Å². The Bertz CT molecular complexity index is 3170. The summed E-state index contributed by atoms with van der Waals surface area (Å²) >= 11 is 0. The highest BCUT2D eigenvalue weighted by atomic mass is 16.5. The number of hydrogen-bond donors (Lipinski definition) is 1. The van der Waals surface area contributed by atoms with E-state index in [1.165, 1.54) is 0 Å². The molecule has 0 radical (unpaired) electrons. The van der Waals surface area contributed by atoms with Crippen molar-refractivity contribution in [3.63, 3.8) is 0 Å². The van der Waals surface area contributed by atoms with E-state index in [0.29, 0.717) is 51.7 Å². The van der Waals surface area contributed by atoms with E-state index >= 15 is 0 Å². The topological polar surface area (TPSA) is 202 Å². The summed E-state index contributed by atoms with van der Waals surface area (Å²) in [5, 5.41) is 37.5. The average molecular weight is 947 g/mol. The average Bonchev–Trinajstić information content (AvgIpc) is 4.18. The predicted molar refractivity (Wildman–Crippen MR) is 257 cm³/mol. The zero-order valence-corrected chi connectivity index (χ0v) is 39.7. The van der Waals surface area contributed by atoms with Gasteiger partial charge in [-0.05, 0) is 63.5 Å². The summed E-state index contributed by atoms with van der Waals surface area (Å²) in [4.78, 5) is 40.2. The van der Waals surface area contributed by atoms with Crippen LogP contribution in [0.15, 0.2) is 86.5 Å². The minimum Gasteiger partial charge on any atom is -0.393 e. The van der Waals surface area contributed by atoms with Crippen molar-refractivity contribution in [2.75, 3.05) is 32.8 Å². The first kappa shape index (κ1) is 44.2. The molecule has 1 N–H and O–H groups in total. The lowest BCUT2D eigenvalue weighted by molar-refractivity contribution is -0.151. The van der Waals surface area contributed by atoms with Crippen LogP contribution in [0.1, 0.15) is 96.3 Å². The molecule has 20 nitrogen and oxygen atoms in total. The molecule has 8 aromatic heterocycles. The number of likely N-dealkylation sites (tertiary alicyclic amines) is 2. The largest absolute Gasteiger partial charge is 0.393 e. The summed E-state index contributed by atoms with van der Waals surface area (Å²) < 4.78 is 18.0. The molecule has 12 rings (SSSR count). The molecule has 70 heavy (non-hydrogen) atoms. The van der Waals surface area contributed by atoms with Gasteiger partial charge in [-0.15, -0.1) is 0 Å². The Labute approximate surface area is 403 Å². The minimum atomic E-state index is -0.343. The minimum absolute atomic E-state index is 0.0158. The highest BCUT2D eigenvalue weighted by Gasteiger charge is 2.43. The molecule has 20 heteroatoms. The molecule has 362 valence electrons. The van der Waals surface area contributed by atoms with Crippen molar-refractivity contribution < 1.29 is 19.4 Å². The fraction of sp³-hybridized carbons (Fsp3) is 0.480. The second kappa shape index (κ2) is 18.0. The summed E-state index contributed by atoms with van der Waals surface area (Å²) in [6.07, 6.45) is 29.0. The molecule has 2 aliphatic carbocycles. The Hall–Kier alpha value is -7.06. The van der Waals surface area contributed by atoms with Crippen LogP contribution in [0.2, 0.25) is 0 Å². The molecule has 0 spiro atoms. The number of rotatable bonds is 17. The fourth-order valence-electron chi connectivity index (χ4n) is 10.6. The van der Waals surface area contributed by atoms with E-state index in [2.05, 4.69) is 53.6 Å². The van der Waals surface area contributed by atoms with Gasteiger partial charge in [0.1, 0.15) is 0 Å². The molecule has 2 amide bonds. The van der Waals surface area contributed by atoms with Gasteiger partial charge in [0.15, 0.2) is 0 Å². The summed E-state index contributed by atoms with van der Waals surface area (Å²) in [5.74, 6) is 0.265. The van der Waals surface area contributed by atoms with Gasteiger partial charge in [-0.3, -0.25) is 28.3 Å². The van der Waals surface area contributed by atoms with Crippen molar-refractivity contribution >= 4 is 22.8 Å². The van der Waals surface area contributed by atoms with Crippen LogP contribution in [0, 0.1) is 11.8 Å². The van der Waals surface area contributed by atoms with Crippen LogP contribution < -0.4 is 0 Å². The first-order valence-corrected chi connectivity index (χ1v) is 24.9. The van der Waals surface area contributed by atoms with E-state index in [-0.39, 0.29) is 54.0 Å². The number of aliphatic hydroxyl groups is 1. The fourth-order valence-corrected chi connectivity index (χ4v) is 10.6. The number of amides is 2. The maximum absolute atomic E-state index is 13.5. The maximum Gasteiger partial charge on any atom is 0.226 e. The Morgan fingerprint density at radius 3 is 1.56 bits per heavy atom. The van der Waals surface area contributed by atoms with Crippen LogP contribution in [0.4, 0.5) is 0 Å². The Kier molecular flexibility index (Phi) is 11.4. The van der Waals surface area contributed by atoms with Gasteiger partial charge in [0.2, 0.25) is 11.8 Å². The molecule has 1 atom stereocenters. The van der Waals surface area contributed by atoms with E-state index in [1.54, 1.807) is 12.4 Å². The van der Waals surface area contributed by atoms with Crippen molar-refractivity contribution in [3.8, 4) is 45.0 Å². The molecule has 2 saturated heterocycles. The lowest BCUT2D eigenvalue weighted by Crippen LogP contribution is -2.55. The van der Waals surface area contributed by atoms with Crippen LogP contribution >= 0.6 is 0 Å². The number of hydrogen-bond acceptors (Lipinski definition) is 12. The van der Waals surface area contributed by atoms with E-state index in [4.69, 9.17) is 24.9 Å². The van der Waals surface area contributed by atoms with Gasteiger partial charge >= 0.3 is 0 Å². The zero-order valence-electron chi connectivity index (χ0n) is 39.7. The van der Waals surface area contributed by atoms with Crippen LogP contribution in [0.3, 0.4) is 0 Å². The van der Waals surface area contributed by atoms with E-state index in [1.807, 2.05) is 99.3 Å². The Morgan fingerprint density at radius 2 is 1.07 bits per heavy atom. The lowest BCUT2D eigenvalue weighted by Gasteiger charge is -2.44. The molecule has 2 saturated carbocycles. The molecule has 4 fully saturated rings. The van der Waals surface area contributed by atoms with Crippen LogP contribution in [-0.4, -0.2) is 140 Å². The number of ether oxygens (including phenoxy) is 1. The first-order chi connectivity index (χ1) is 34.2. The summed E-state index contributed by atoms with van der Waals surface area (Å²) in [5.41, 5.74) is 8.53. The maximum atomic E-state index is 13.5. The number of fused-ring (bicyclic) bond motifs is 2. The number of aromatic nitrogens is 14. The normalized spacial score (nSPS) is 21.0. The molecule has 0 bridgehead atoms. The van der Waals surface area contributed by atoms with Crippen molar-refractivity contribution in [1.82, 2.24) is 78.1 Å². The van der Waals surface area contributed by atoms with Gasteiger partial charge in [-0.25, -0.2) is 19.0 Å². The third-order valence-corrected chi connectivity index (χ3v) is 15.3. The van der Waals surface area contributed by atoms with Gasteiger partial charge in [-0.2, -0.15) is 30.6 Å².